The summed E-state index contributed by atoms with van der Waals surface area (Å²) in [6.07, 6.45) is 0.291. The Morgan fingerprint density at radius 3 is 2.53 bits per heavy atom. The summed E-state index contributed by atoms with van der Waals surface area (Å²) in [6.45, 7) is 3.62. The van der Waals surface area contributed by atoms with E-state index >= 15 is 0 Å². The number of nitrogens with zero attached hydrogens (tertiary/aromatic N) is 1. The number of nitrogens with one attached hydrogen (secondary N) is 2. The van der Waals surface area contributed by atoms with Crippen LogP contribution in [0.1, 0.15) is 48.0 Å². The lowest BCUT2D eigenvalue weighted by Gasteiger charge is -2.27. The van der Waals surface area contributed by atoms with Crippen molar-refractivity contribution in [3.63, 3.8) is 0 Å². The van der Waals surface area contributed by atoms with E-state index in [1.807, 2.05) is 31.4 Å². The Kier molecular flexibility index (Phi) is 6.83. The lowest BCUT2D eigenvalue weighted by molar-refractivity contribution is -0.130. The minimum Gasteiger partial charge on any atom is -0.452 e. The maximum absolute atomic E-state index is 12.3. The van der Waals surface area contributed by atoms with Gasteiger partial charge in [0.25, 0.3) is 5.91 Å². The van der Waals surface area contributed by atoms with Crippen molar-refractivity contribution < 1.29 is 23.9 Å². The Morgan fingerprint density at radius 2 is 1.90 bits per heavy atom. The molecule has 1 aromatic heterocycles. The van der Waals surface area contributed by atoms with Gasteiger partial charge in [0.05, 0.1) is 17.3 Å². The summed E-state index contributed by atoms with van der Waals surface area (Å²) in [5.74, 6) is -1.32. The number of ether oxygens (including phenoxy) is 1. The smallest absolute Gasteiger partial charge is 0.338 e. The number of carbonyl (C=O) groups excluding carboxylic acids is 4. The van der Waals surface area contributed by atoms with Gasteiger partial charge in [0.15, 0.2) is 6.61 Å². The third-order valence-electron chi connectivity index (χ3n) is 4.58. The lowest BCUT2D eigenvalue weighted by Crippen LogP contribution is -2.50. The minimum atomic E-state index is -0.650. The molecule has 9 heteroatoms. The molecule has 3 rings (SSSR count). The van der Waals surface area contributed by atoms with Gasteiger partial charge in [0.2, 0.25) is 11.8 Å². The standard InChI is InChI=1S/C21H23N3O5S/c1-13(2)20(16-4-3-11-30-16)22-18(26)12-29-21(28)14-5-7-15(8-6-14)24-19(27)10-9-17(25)23-24/h3-8,11,13,20H,9-10,12H2,1-2H3,(H,22,26)(H,23,25)/t20-/m0/s1. The topological polar surface area (TPSA) is 105 Å². The molecule has 0 aliphatic carbocycles. The predicted octanol–water partition coefficient (Wildman–Crippen LogP) is 2.58. The lowest BCUT2D eigenvalue weighted by atomic mass is 10.0. The zero-order valence-electron chi connectivity index (χ0n) is 16.7. The van der Waals surface area contributed by atoms with Gasteiger partial charge in [-0.15, -0.1) is 11.3 Å². The summed E-state index contributed by atoms with van der Waals surface area (Å²) in [7, 11) is 0. The number of anilines is 1. The molecule has 0 bridgehead atoms. The van der Waals surface area contributed by atoms with Crippen molar-refractivity contribution in [1.29, 1.82) is 0 Å². The molecule has 3 amide bonds. The van der Waals surface area contributed by atoms with Gasteiger partial charge in [-0.25, -0.2) is 9.80 Å². The maximum atomic E-state index is 12.3. The van der Waals surface area contributed by atoms with Gasteiger partial charge < -0.3 is 10.1 Å². The van der Waals surface area contributed by atoms with E-state index in [0.29, 0.717) is 5.69 Å². The van der Waals surface area contributed by atoms with Gasteiger partial charge in [-0.3, -0.25) is 19.8 Å². The number of rotatable bonds is 7. The molecule has 8 nitrogen and oxygen atoms in total. The van der Waals surface area contributed by atoms with Crippen molar-refractivity contribution in [3.8, 4) is 0 Å². The van der Waals surface area contributed by atoms with E-state index in [2.05, 4.69) is 10.7 Å². The fourth-order valence-corrected chi connectivity index (χ4v) is 3.94. The first-order valence-electron chi connectivity index (χ1n) is 9.57. The largest absolute Gasteiger partial charge is 0.452 e. The Hall–Kier alpha value is -3.20. The zero-order valence-corrected chi connectivity index (χ0v) is 17.5. The predicted molar refractivity (Wildman–Crippen MR) is 112 cm³/mol. The molecule has 158 valence electrons. The average Bonchev–Trinajstić information content (AvgIpc) is 3.26. The molecular weight excluding hydrogens is 406 g/mol. The maximum Gasteiger partial charge on any atom is 0.338 e. The molecule has 1 aromatic carbocycles. The van der Waals surface area contributed by atoms with Crippen LogP contribution in [0.5, 0.6) is 0 Å². The molecule has 30 heavy (non-hydrogen) atoms. The molecule has 1 aliphatic heterocycles. The minimum absolute atomic E-state index is 0.133. The Labute approximate surface area is 178 Å². The highest BCUT2D eigenvalue weighted by Crippen LogP contribution is 2.25. The van der Waals surface area contributed by atoms with E-state index in [9.17, 15) is 19.2 Å². The van der Waals surface area contributed by atoms with Crippen LogP contribution < -0.4 is 15.8 Å². The van der Waals surface area contributed by atoms with Crippen LogP contribution in [-0.2, 0) is 19.1 Å². The number of esters is 1. The summed E-state index contributed by atoms with van der Waals surface area (Å²) in [5, 5.41) is 6.00. The van der Waals surface area contributed by atoms with Gasteiger partial charge in [-0.05, 0) is 41.6 Å². The van der Waals surface area contributed by atoms with Crippen molar-refractivity contribution >= 4 is 40.7 Å². The molecule has 1 aliphatic rings. The highest BCUT2D eigenvalue weighted by molar-refractivity contribution is 7.10. The third kappa shape index (κ3) is 5.24. The molecule has 0 saturated carbocycles. The van der Waals surface area contributed by atoms with E-state index < -0.39 is 12.6 Å². The van der Waals surface area contributed by atoms with Crippen LogP contribution in [0, 0.1) is 5.92 Å². The van der Waals surface area contributed by atoms with Crippen LogP contribution in [0.15, 0.2) is 41.8 Å². The summed E-state index contributed by atoms with van der Waals surface area (Å²) in [4.78, 5) is 49.0. The first-order valence-corrected chi connectivity index (χ1v) is 10.5. The number of amides is 3. The van der Waals surface area contributed by atoms with Crippen molar-refractivity contribution in [2.45, 2.75) is 32.7 Å². The Balaban J connectivity index is 1.55. The molecule has 1 atom stereocenters. The van der Waals surface area contributed by atoms with E-state index in [1.54, 1.807) is 11.3 Å². The fraction of sp³-hybridized carbons (Fsp3) is 0.333. The quantitative estimate of drug-likeness (QED) is 0.658. The SMILES string of the molecule is CC(C)[C@H](NC(=O)COC(=O)c1ccc(N2NC(=O)CCC2=O)cc1)c1cccs1. The number of benzene rings is 1. The summed E-state index contributed by atoms with van der Waals surface area (Å²) in [5.41, 5.74) is 3.17. The van der Waals surface area contributed by atoms with Gasteiger partial charge in [0, 0.05) is 17.7 Å². The number of thiophene rings is 1. The molecular formula is C21H23N3O5S. The van der Waals surface area contributed by atoms with E-state index in [0.717, 1.165) is 9.89 Å². The number of hydrazine groups is 1. The van der Waals surface area contributed by atoms with Crippen LogP contribution in [0.2, 0.25) is 0 Å². The molecule has 0 spiro atoms. The van der Waals surface area contributed by atoms with Crippen molar-refractivity contribution in [3.05, 3.63) is 52.2 Å². The van der Waals surface area contributed by atoms with Crippen molar-refractivity contribution in [2.75, 3.05) is 11.6 Å². The Bertz CT molecular complexity index is 925. The molecule has 1 fully saturated rings. The monoisotopic (exact) mass is 429 g/mol. The van der Waals surface area contributed by atoms with E-state index in [1.165, 1.54) is 24.3 Å². The molecule has 0 radical (unpaired) electrons. The van der Waals surface area contributed by atoms with Crippen LogP contribution in [0.3, 0.4) is 0 Å². The molecule has 1 saturated heterocycles. The normalized spacial score (nSPS) is 15.0. The van der Waals surface area contributed by atoms with Crippen LogP contribution >= 0.6 is 11.3 Å². The first kappa shape index (κ1) is 21.5. The van der Waals surface area contributed by atoms with E-state index in [-0.39, 0.29) is 48.1 Å². The van der Waals surface area contributed by atoms with Crippen LogP contribution in [0.25, 0.3) is 0 Å². The van der Waals surface area contributed by atoms with E-state index in [4.69, 9.17) is 4.74 Å². The summed E-state index contributed by atoms with van der Waals surface area (Å²) < 4.78 is 5.11. The number of carbonyl (C=O) groups is 4. The second-order valence-corrected chi connectivity index (χ2v) is 8.17. The number of hydrogen-bond acceptors (Lipinski definition) is 6. The van der Waals surface area contributed by atoms with Gasteiger partial charge in [-0.1, -0.05) is 19.9 Å². The molecule has 0 unspecified atom stereocenters. The van der Waals surface area contributed by atoms with Crippen LogP contribution in [0.4, 0.5) is 5.69 Å². The zero-order chi connectivity index (χ0) is 21.7. The van der Waals surface area contributed by atoms with Crippen LogP contribution in [-0.4, -0.2) is 30.3 Å². The first-order chi connectivity index (χ1) is 14.3. The summed E-state index contributed by atoms with van der Waals surface area (Å²) >= 11 is 1.56. The number of hydrogen-bond donors (Lipinski definition) is 2. The van der Waals surface area contributed by atoms with Gasteiger partial charge >= 0.3 is 5.97 Å². The third-order valence-corrected chi connectivity index (χ3v) is 5.54. The van der Waals surface area contributed by atoms with Crippen molar-refractivity contribution in [2.24, 2.45) is 5.92 Å². The van der Waals surface area contributed by atoms with Gasteiger partial charge in [0.1, 0.15) is 0 Å². The fourth-order valence-electron chi connectivity index (χ4n) is 2.99. The molecule has 2 heterocycles. The second-order valence-electron chi connectivity index (χ2n) is 7.19. The molecule has 2 N–H and O–H groups in total. The average molecular weight is 429 g/mol. The summed E-state index contributed by atoms with van der Waals surface area (Å²) in [6, 6.07) is 9.76. The van der Waals surface area contributed by atoms with Gasteiger partial charge in [-0.2, -0.15) is 0 Å². The highest BCUT2D eigenvalue weighted by atomic mass is 32.1. The second kappa shape index (κ2) is 9.53. The molecule has 2 aromatic rings. The highest BCUT2D eigenvalue weighted by Gasteiger charge is 2.25. The van der Waals surface area contributed by atoms with Crippen molar-refractivity contribution in [1.82, 2.24) is 10.7 Å². The Morgan fingerprint density at radius 1 is 1.17 bits per heavy atom.